The molecule has 2 aromatic carbocycles. The molecule has 1 N–H and O–H groups in total. The van der Waals surface area contributed by atoms with Crippen LogP contribution < -0.4 is 10.1 Å². The quantitative estimate of drug-likeness (QED) is 0.819. The van der Waals surface area contributed by atoms with Crippen molar-refractivity contribution in [1.82, 2.24) is 0 Å². The van der Waals surface area contributed by atoms with E-state index in [-0.39, 0.29) is 12.4 Å². The first-order chi connectivity index (χ1) is 9.78. The molecule has 0 atom stereocenters. The lowest BCUT2D eigenvalue weighted by Gasteiger charge is -2.08. The second kappa shape index (κ2) is 7.34. The number of nitrogens with one attached hydrogen (secondary N) is 1. The third-order valence-corrected chi connectivity index (χ3v) is 2.85. The number of benzene rings is 2. The van der Waals surface area contributed by atoms with Gasteiger partial charge in [-0.25, -0.2) is 0 Å². The van der Waals surface area contributed by atoms with Crippen LogP contribution in [0.3, 0.4) is 0 Å². The topological polar surface area (TPSA) is 38.3 Å². The maximum absolute atomic E-state index is 11.4. The van der Waals surface area contributed by atoms with Gasteiger partial charge in [0.1, 0.15) is 12.4 Å². The highest BCUT2D eigenvalue weighted by Gasteiger charge is 2.02. The van der Waals surface area contributed by atoms with Crippen LogP contribution in [0.25, 0.3) is 0 Å². The molecule has 0 saturated heterocycles. The molecule has 3 nitrogen and oxygen atoms in total. The van der Waals surface area contributed by atoms with Gasteiger partial charge in [-0.2, -0.15) is 0 Å². The van der Waals surface area contributed by atoms with E-state index in [2.05, 4.69) is 5.32 Å². The highest BCUT2D eigenvalue weighted by Crippen LogP contribution is 2.19. The van der Waals surface area contributed by atoms with Crippen molar-refractivity contribution in [3.8, 4) is 5.75 Å². The molecule has 0 saturated carbocycles. The molecule has 2 aromatic rings. The first-order valence-corrected chi connectivity index (χ1v) is 6.84. The van der Waals surface area contributed by atoms with Crippen molar-refractivity contribution in [2.45, 2.75) is 19.8 Å². The Labute approximate surface area is 119 Å². The molecule has 20 heavy (non-hydrogen) atoms. The van der Waals surface area contributed by atoms with Crippen molar-refractivity contribution in [3.05, 3.63) is 54.6 Å². The molecule has 0 amide bonds. The summed E-state index contributed by atoms with van der Waals surface area (Å²) in [5.74, 6) is 0.854. The molecule has 0 aromatic heterocycles. The molecule has 0 aliphatic heterocycles. The Bertz CT molecular complexity index is 535. The Balaban J connectivity index is 1.88. The predicted molar refractivity (Wildman–Crippen MR) is 81.6 cm³/mol. The average molecular weight is 269 g/mol. The molecule has 0 radical (unpaired) electrons. The molecule has 0 heterocycles. The van der Waals surface area contributed by atoms with E-state index < -0.39 is 0 Å². The minimum atomic E-state index is 0.138. The van der Waals surface area contributed by atoms with E-state index >= 15 is 0 Å². The molecule has 0 fully saturated rings. The minimum absolute atomic E-state index is 0.138. The monoisotopic (exact) mass is 269 g/mol. The molecule has 0 bridgehead atoms. The van der Waals surface area contributed by atoms with E-state index in [0.29, 0.717) is 12.2 Å². The highest BCUT2D eigenvalue weighted by molar-refractivity contribution is 5.79. The third kappa shape index (κ3) is 4.43. The summed E-state index contributed by atoms with van der Waals surface area (Å²) in [5.41, 5.74) is 2.03. The number of carbonyl (C=O) groups excluding carboxylic acids is 1. The Kier molecular flexibility index (Phi) is 5.18. The smallest absolute Gasteiger partial charge is 0.170 e. The lowest BCUT2D eigenvalue weighted by Crippen LogP contribution is -2.10. The van der Waals surface area contributed by atoms with E-state index in [1.165, 1.54) is 0 Å². The van der Waals surface area contributed by atoms with Crippen LogP contribution in [0.2, 0.25) is 0 Å². The Morgan fingerprint density at radius 3 is 2.30 bits per heavy atom. The normalized spacial score (nSPS) is 10.1. The van der Waals surface area contributed by atoms with Gasteiger partial charge in [-0.05, 0) is 42.8 Å². The van der Waals surface area contributed by atoms with Crippen molar-refractivity contribution in [3.63, 3.8) is 0 Å². The average Bonchev–Trinajstić information content (AvgIpc) is 2.48. The van der Waals surface area contributed by atoms with Crippen LogP contribution in [0.5, 0.6) is 5.75 Å². The number of anilines is 2. The standard InChI is InChI=1S/C17H19NO2/c1-2-6-16(19)13-20-17-11-9-15(10-12-17)18-14-7-4-3-5-8-14/h3-5,7-12,18H,2,6,13H2,1H3. The van der Waals surface area contributed by atoms with Gasteiger partial charge in [-0.15, -0.1) is 0 Å². The van der Waals surface area contributed by atoms with Crippen molar-refractivity contribution < 1.29 is 9.53 Å². The number of Topliss-reactive ketones (excluding diaryl/α,β-unsaturated/α-hetero) is 1. The molecule has 0 aliphatic carbocycles. The first kappa shape index (κ1) is 14.1. The molecular weight excluding hydrogens is 250 g/mol. The van der Waals surface area contributed by atoms with Gasteiger partial charge in [0.2, 0.25) is 0 Å². The molecular formula is C17H19NO2. The number of ketones is 1. The van der Waals surface area contributed by atoms with Crippen molar-refractivity contribution in [1.29, 1.82) is 0 Å². The molecule has 0 unspecified atom stereocenters. The maximum Gasteiger partial charge on any atom is 0.170 e. The molecule has 2 rings (SSSR count). The van der Waals surface area contributed by atoms with E-state index in [1.54, 1.807) is 0 Å². The van der Waals surface area contributed by atoms with Gasteiger partial charge < -0.3 is 10.1 Å². The molecule has 0 spiro atoms. The summed E-state index contributed by atoms with van der Waals surface area (Å²) in [7, 11) is 0. The number of hydrogen-bond donors (Lipinski definition) is 1. The van der Waals surface area contributed by atoms with Crippen molar-refractivity contribution in [2.75, 3.05) is 11.9 Å². The molecule has 0 aliphatic rings. The Morgan fingerprint density at radius 2 is 1.65 bits per heavy atom. The lowest BCUT2D eigenvalue weighted by molar-refractivity contribution is -0.121. The van der Waals surface area contributed by atoms with Crippen LogP contribution in [0.1, 0.15) is 19.8 Å². The van der Waals surface area contributed by atoms with Gasteiger partial charge in [0, 0.05) is 17.8 Å². The first-order valence-electron chi connectivity index (χ1n) is 6.84. The fourth-order valence-electron chi connectivity index (χ4n) is 1.84. The maximum atomic E-state index is 11.4. The zero-order valence-corrected chi connectivity index (χ0v) is 11.6. The van der Waals surface area contributed by atoms with Crippen LogP contribution in [0, 0.1) is 0 Å². The highest BCUT2D eigenvalue weighted by atomic mass is 16.5. The second-order valence-electron chi connectivity index (χ2n) is 4.59. The third-order valence-electron chi connectivity index (χ3n) is 2.85. The molecule has 3 heteroatoms. The van der Waals surface area contributed by atoms with Crippen LogP contribution in [0.4, 0.5) is 11.4 Å². The Hall–Kier alpha value is -2.29. The summed E-state index contributed by atoms with van der Waals surface area (Å²) in [6, 6.07) is 17.6. The summed E-state index contributed by atoms with van der Waals surface area (Å²) >= 11 is 0. The zero-order chi connectivity index (χ0) is 14.2. The fourth-order valence-corrected chi connectivity index (χ4v) is 1.84. The number of carbonyl (C=O) groups is 1. The SMILES string of the molecule is CCCC(=O)COc1ccc(Nc2ccccc2)cc1. The summed E-state index contributed by atoms with van der Waals surface area (Å²) in [6.45, 7) is 2.14. The second-order valence-corrected chi connectivity index (χ2v) is 4.59. The lowest BCUT2D eigenvalue weighted by atomic mass is 10.2. The van der Waals surface area contributed by atoms with Gasteiger partial charge >= 0.3 is 0 Å². The number of rotatable bonds is 7. The van der Waals surface area contributed by atoms with Gasteiger partial charge in [-0.1, -0.05) is 25.1 Å². The summed E-state index contributed by atoms with van der Waals surface area (Å²) in [5, 5.41) is 3.29. The summed E-state index contributed by atoms with van der Waals surface area (Å²) < 4.78 is 5.45. The fraction of sp³-hybridized carbons (Fsp3) is 0.235. The van der Waals surface area contributed by atoms with E-state index in [9.17, 15) is 4.79 Å². The largest absolute Gasteiger partial charge is 0.486 e. The van der Waals surface area contributed by atoms with E-state index in [1.807, 2.05) is 61.5 Å². The Morgan fingerprint density at radius 1 is 1.00 bits per heavy atom. The minimum Gasteiger partial charge on any atom is -0.486 e. The van der Waals surface area contributed by atoms with Crippen molar-refractivity contribution >= 4 is 17.2 Å². The van der Waals surface area contributed by atoms with Crippen LogP contribution >= 0.6 is 0 Å². The van der Waals surface area contributed by atoms with Crippen molar-refractivity contribution in [2.24, 2.45) is 0 Å². The zero-order valence-electron chi connectivity index (χ0n) is 11.6. The van der Waals surface area contributed by atoms with Gasteiger partial charge in [0.25, 0.3) is 0 Å². The molecule has 104 valence electrons. The summed E-state index contributed by atoms with van der Waals surface area (Å²) in [4.78, 5) is 11.4. The van der Waals surface area contributed by atoms with E-state index in [0.717, 1.165) is 17.8 Å². The number of para-hydroxylation sites is 1. The van der Waals surface area contributed by atoms with Crippen LogP contribution in [-0.2, 0) is 4.79 Å². The number of ether oxygens (including phenoxy) is 1. The summed E-state index contributed by atoms with van der Waals surface area (Å²) in [6.07, 6.45) is 1.44. The van der Waals surface area contributed by atoms with Gasteiger partial charge in [0.15, 0.2) is 5.78 Å². The van der Waals surface area contributed by atoms with Crippen LogP contribution in [-0.4, -0.2) is 12.4 Å². The van der Waals surface area contributed by atoms with Gasteiger partial charge in [-0.3, -0.25) is 4.79 Å². The van der Waals surface area contributed by atoms with Crippen LogP contribution in [0.15, 0.2) is 54.6 Å². The van der Waals surface area contributed by atoms with E-state index in [4.69, 9.17) is 4.74 Å². The number of hydrogen-bond acceptors (Lipinski definition) is 3. The predicted octanol–water partition coefficient (Wildman–Crippen LogP) is 4.18. The van der Waals surface area contributed by atoms with Gasteiger partial charge in [0.05, 0.1) is 0 Å².